The summed E-state index contributed by atoms with van der Waals surface area (Å²) in [6.45, 7) is 11.2. The largest absolute Gasteiger partial charge is 0.310 e. The normalized spacial score (nSPS) is 13.6. The highest BCUT2D eigenvalue weighted by atomic mass is 15.1. The molecule has 1 nitrogen and oxygen atoms in total. The summed E-state index contributed by atoms with van der Waals surface area (Å²) in [7, 11) is 0. The van der Waals surface area contributed by atoms with Gasteiger partial charge in [-0.1, -0.05) is 62.4 Å². The van der Waals surface area contributed by atoms with Crippen LogP contribution in [0.1, 0.15) is 41.7 Å². The van der Waals surface area contributed by atoms with Crippen molar-refractivity contribution in [2.24, 2.45) is 0 Å². The van der Waals surface area contributed by atoms with E-state index in [4.69, 9.17) is 0 Å². The molecule has 1 aliphatic carbocycles. The lowest BCUT2D eigenvalue weighted by atomic mass is 9.82. The second-order valence-corrected chi connectivity index (χ2v) is 9.34. The molecule has 0 N–H and O–H groups in total. The molecule has 0 saturated heterocycles. The zero-order valence-corrected chi connectivity index (χ0v) is 19.0. The molecule has 0 aromatic heterocycles. The van der Waals surface area contributed by atoms with E-state index < -0.39 is 0 Å². The van der Waals surface area contributed by atoms with Gasteiger partial charge in [0.05, 0.1) is 0 Å². The lowest BCUT2D eigenvalue weighted by Crippen LogP contribution is -2.16. The summed E-state index contributed by atoms with van der Waals surface area (Å²) >= 11 is 0. The highest BCUT2D eigenvalue weighted by molar-refractivity contribution is 5.85. The lowest BCUT2D eigenvalue weighted by Gasteiger charge is -2.28. The summed E-state index contributed by atoms with van der Waals surface area (Å²) in [5.74, 6) is 0. The van der Waals surface area contributed by atoms with Crippen molar-refractivity contribution >= 4 is 17.1 Å². The average molecular weight is 404 g/mol. The SMILES string of the molecule is Cc1cccc(N(c2ccc(C)c(C)c2)c2ccc3c(c2)C(C)(C)c2ccccc2-3)c1. The van der Waals surface area contributed by atoms with Gasteiger partial charge in [0.1, 0.15) is 0 Å². The highest BCUT2D eigenvalue weighted by Gasteiger charge is 2.35. The molecule has 0 bridgehead atoms. The molecule has 4 aromatic carbocycles. The third kappa shape index (κ3) is 3.16. The van der Waals surface area contributed by atoms with E-state index in [0.29, 0.717) is 0 Å². The second kappa shape index (κ2) is 7.13. The van der Waals surface area contributed by atoms with Gasteiger partial charge in [-0.15, -0.1) is 0 Å². The van der Waals surface area contributed by atoms with E-state index in [-0.39, 0.29) is 5.41 Å². The number of anilines is 3. The summed E-state index contributed by atoms with van der Waals surface area (Å²) < 4.78 is 0. The molecule has 31 heavy (non-hydrogen) atoms. The Balaban J connectivity index is 1.71. The highest BCUT2D eigenvalue weighted by Crippen LogP contribution is 2.50. The van der Waals surface area contributed by atoms with Gasteiger partial charge in [-0.05, 0) is 96.1 Å². The van der Waals surface area contributed by atoms with E-state index in [1.54, 1.807) is 0 Å². The van der Waals surface area contributed by atoms with Gasteiger partial charge in [0.25, 0.3) is 0 Å². The fourth-order valence-corrected chi connectivity index (χ4v) is 4.91. The van der Waals surface area contributed by atoms with Crippen LogP contribution in [-0.2, 0) is 5.41 Å². The molecule has 1 aliphatic rings. The van der Waals surface area contributed by atoms with E-state index >= 15 is 0 Å². The molecule has 0 fully saturated rings. The summed E-state index contributed by atoms with van der Waals surface area (Å²) in [6, 6.07) is 31.3. The summed E-state index contributed by atoms with van der Waals surface area (Å²) in [5, 5.41) is 0. The van der Waals surface area contributed by atoms with Crippen molar-refractivity contribution < 1.29 is 0 Å². The Morgan fingerprint density at radius 1 is 0.548 bits per heavy atom. The predicted molar refractivity (Wildman–Crippen MR) is 133 cm³/mol. The molecule has 0 unspecified atom stereocenters. The zero-order valence-electron chi connectivity index (χ0n) is 19.0. The Kier molecular flexibility index (Phi) is 4.51. The van der Waals surface area contributed by atoms with Crippen molar-refractivity contribution in [3.05, 3.63) is 113 Å². The fraction of sp³-hybridized carbons (Fsp3) is 0.200. The van der Waals surface area contributed by atoms with Gasteiger partial charge in [0.15, 0.2) is 0 Å². The van der Waals surface area contributed by atoms with Crippen molar-refractivity contribution in [3.63, 3.8) is 0 Å². The van der Waals surface area contributed by atoms with Gasteiger partial charge < -0.3 is 4.90 Å². The lowest BCUT2D eigenvalue weighted by molar-refractivity contribution is 0.660. The van der Waals surface area contributed by atoms with Crippen LogP contribution in [0, 0.1) is 20.8 Å². The Morgan fingerprint density at radius 3 is 2.00 bits per heavy atom. The first kappa shape index (κ1) is 19.6. The van der Waals surface area contributed by atoms with Crippen LogP contribution in [0.2, 0.25) is 0 Å². The first-order valence-electron chi connectivity index (χ1n) is 11.0. The van der Waals surface area contributed by atoms with Crippen LogP contribution in [0.4, 0.5) is 17.1 Å². The van der Waals surface area contributed by atoms with Crippen molar-refractivity contribution in [2.75, 3.05) is 4.90 Å². The van der Waals surface area contributed by atoms with Gasteiger partial charge in [0.2, 0.25) is 0 Å². The number of fused-ring (bicyclic) bond motifs is 3. The number of aryl methyl sites for hydroxylation is 3. The fourth-order valence-electron chi connectivity index (χ4n) is 4.91. The molecule has 4 aromatic rings. The van der Waals surface area contributed by atoms with E-state index in [1.165, 1.54) is 56.0 Å². The van der Waals surface area contributed by atoms with Gasteiger partial charge in [-0.3, -0.25) is 0 Å². The molecule has 0 heterocycles. The summed E-state index contributed by atoms with van der Waals surface area (Å²) in [4.78, 5) is 2.39. The molecule has 0 saturated carbocycles. The average Bonchev–Trinajstić information content (AvgIpc) is 2.98. The maximum Gasteiger partial charge on any atom is 0.0465 e. The van der Waals surface area contributed by atoms with E-state index in [9.17, 15) is 0 Å². The third-order valence-corrected chi connectivity index (χ3v) is 6.83. The summed E-state index contributed by atoms with van der Waals surface area (Å²) in [6.07, 6.45) is 0. The number of hydrogen-bond donors (Lipinski definition) is 0. The van der Waals surface area contributed by atoms with E-state index in [2.05, 4.69) is 124 Å². The molecule has 1 heteroatoms. The predicted octanol–water partition coefficient (Wildman–Crippen LogP) is 8.39. The maximum absolute atomic E-state index is 2.40. The Labute approximate surface area is 186 Å². The van der Waals surface area contributed by atoms with Crippen LogP contribution >= 0.6 is 0 Å². The quantitative estimate of drug-likeness (QED) is 0.332. The third-order valence-electron chi connectivity index (χ3n) is 6.83. The first-order valence-corrected chi connectivity index (χ1v) is 11.0. The monoisotopic (exact) mass is 403 g/mol. The first-order chi connectivity index (χ1) is 14.9. The van der Waals surface area contributed by atoms with Crippen molar-refractivity contribution in [2.45, 2.75) is 40.0 Å². The topological polar surface area (TPSA) is 3.24 Å². The van der Waals surface area contributed by atoms with Crippen LogP contribution < -0.4 is 4.90 Å². The number of rotatable bonds is 3. The van der Waals surface area contributed by atoms with Gasteiger partial charge in [-0.2, -0.15) is 0 Å². The van der Waals surface area contributed by atoms with Crippen molar-refractivity contribution in [1.82, 2.24) is 0 Å². The molecule has 0 amide bonds. The zero-order chi connectivity index (χ0) is 21.8. The smallest absolute Gasteiger partial charge is 0.0465 e. The molecular formula is C30H29N. The van der Waals surface area contributed by atoms with Crippen molar-refractivity contribution in [3.8, 4) is 11.1 Å². The van der Waals surface area contributed by atoms with Crippen molar-refractivity contribution in [1.29, 1.82) is 0 Å². The Morgan fingerprint density at radius 2 is 1.23 bits per heavy atom. The second-order valence-electron chi connectivity index (χ2n) is 9.34. The number of hydrogen-bond acceptors (Lipinski definition) is 1. The minimum atomic E-state index is -0.0105. The van der Waals surface area contributed by atoms with Crippen LogP contribution in [0.3, 0.4) is 0 Å². The van der Waals surface area contributed by atoms with Gasteiger partial charge in [0, 0.05) is 22.5 Å². The van der Waals surface area contributed by atoms with E-state index in [1.807, 2.05) is 0 Å². The number of nitrogens with zero attached hydrogens (tertiary/aromatic N) is 1. The van der Waals surface area contributed by atoms with Crippen LogP contribution in [-0.4, -0.2) is 0 Å². The maximum atomic E-state index is 2.40. The summed E-state index contributed by atoms with van der Waals surface area (Å²) in [5.41, 5.74) is 13.0. The Hall–Kier alpha value is -3.32. The molecule has 0 spiro atoms. The molecular weight excluding hydrogens is 374 g/mol. The molecule has 154 valence electrons. The van der Waals surface area contributed by atoms with Gasteiger partial charge in [-0.25, -0.2) is 0 Å². The van der Waals surface area contributed by atoms with E-state index in [0.717, 1.165) is 0 Å². The standard InChI is InChI=1S/C30H29N/c1-20-9-8-10-23(17-20)31(24-14-13-21(2)22(3)18-24)25-15-16-27-26-11-6-7-12-28(26)30(4,5)29(27)19-25/h6-19H,1-5H3. The molecule has 5 rings (SSSR count). The van der Waals surface area contributed by atoms with Gasteiger partial charge >= 0.3 is 0 Å². The van der Waals surface area contributed by atoms with Crippen LogP contribution in [0.5, 0.6) is 0 Å². The minimum Gasteiger partial charge on any atom is -0.310 e. The van der Waals surface area contributed by atoms with Crippen LogP contribution in [0.25, 0.3) is 11.1 Å². The van der Waals surface area contributed by atoms with Crippen LogP contribution in [0.15, 0.2) is 84.9 Å². The minimum absolute atomic E-state index is 0.0105. The Bertz CT molecular complexity index is 1300. The molecule has 0 aliphatic heterocycles. The number of benzene rings is 4. The molecule has 0 radical (unpaired) electrons. The molecule has 0 atom stereocenters.